The summed E-state index contributed by atoms with van der Waals surface area (Å²) in [7, 11) is 0. The molecule has 0 aliphatic rings. The quantitative estimate of drug-likeness (QED) is 0.744. The number of rotatable bonds is 8. The van der Waals surface area contributed by atoms with Gasteiger partial charge >= 0.3 is 5.97 Å². The van der Waals surface area contributed by atoms with Crippen LogP contribution in [0.5, 0.6) is 0 Å². The molecule has 0 bridgehead atoms. The van der Waals surface area contributed by atoms with Crippen LogP contribution in [0.1, 0.15) is 57.9 Å². The summed E-state index contributed by atoms with van der Waals surface area (Å²) in [6.07, 6.45) is 3.01. The van der Waals surface area contributed by atoms with Crippen LogP contribution >= 0.6 is 0 Å². The lowest BCUT2D eigenvalue weighted by atomic mass is 10.1. The van der Waals surface area contributed by atoms with Gasteiger partial charge in [-0.3, -0.25) is 9.59 Å². The number of hydrogen-bond acceptors (Lipinski definition) is 4. The van der Waals surface area contributed by atoms with Crippen LogP contribution in [0.2, 0.25) is 0 Å². The van der Waals surface area contributed by atoms with Gasteiger partial charge in [0.1, 0.15) is 5.69 Å². The van der Waals surface area contributed by atoms with E-state index in [0.717, 1.165) is 12.8 Å². The van der Waals surface area contributed by atoms with Crippen LogP contribution in [0, 0.1) is 0 Å². The van der Waals surface area contributed by atoms with Crippen molar-refractivity contribution in [2.24, 2.45) is 0 Å². The van der Waals surface area contributed by atoms with Crippen LogP contribution in [0.3, 0.4) is 0 Å². The van der Waals surface area contributed by atoms with Crippen molar-refractivity contribution in [1.82, 2.24) is 9.88 Å². The fourth-order valence-corrected chi connectivity index (χ4v) is 2.59. The van der Waals surface area contributed by atoms with Gasteiger partial charge in [0.15, 0.2) is 0 Å². The highest BCUT2D eigenvalue weighted by Gasteiger charge is 2.14. The highest BCUT2D eigenvalue weighted by molar-refractivity contribution is 6.04. The van der Waals surface area contributed by atoms with Gasteiger partial charge in [-0.1, -0.05) is 13.8 Å². The van der Waals surface area contributed by atoms with E-state index in [1.807, 2.05) is 18.7 Å². The molecule has 27 heavy (non-hydrogen) atoms. The highest BCUT2D eigenvalue weighted by atomic mass is 16.4. The number of carboxylic acids is 1. The molecule has 0 atom stereocenters. The third kappa shape index (κ3) is 5.37. The molecule has 0 unspecified atom stereocenters. The molecule has 0 saturated carbocycles. The summed E-state index contributed by atoms with van der Waals surface area (Å²) in [5.74, 6) is -1.58. The highest BCUT2D eigenvalue weighted by Crippen LogP contribution is 2.14. The fourth-order valence-electron chi connectivity index (χ4n) is 2.59. The number of carbonyl (C=O) groups excluding carboxylic acids is 2. The lowest BCUT2D eigenvalue weighted by Crippen LogP contribution is -2.32. The molecule has 0 radical (unpaired) electrons. The molecule has 0 aliphatic heterocycles. The van der Waals surface area contributed by atoms with Crippen molar-refractivity contribution in [3.8, 4) is 0 Å². The number of anilines is 1. The molecule has 2 amide bonds. The van der Waals surface area contributed by atoms with Crippen LogP contribution in [-0.4, -0.2) is 45.9 Å². The van der Waals surface area contributed by atoms with E-state index < -0.39 is 11.9 Å². The predicted octanol–water partition coefficient (Wildman–Crippen LogP) is 3.29. The number of aromatic carboxylic acids is 1. The second kappa shape index (κ2) is 9.47. The molecule has 2 aromatic rings. The van der Waals surface area contributed by atoms with Gasteiger partial charge in [-0.15, -0.1) is 0 Å². The third-order valence-electron chi connectivity index (χ3n) is 3.91. The minimum atomic E-state index is -1.15. The van der Waals surface area contributed by atoms with Gasteiger partial charge in [-0.25, -0.2) is 9.78 Å². The van der Waals surface area contributed by atoms with Crippen molar-refractivity contribution in [3.63, 3.8) is 0 Å². The number of amides is 2. The van der Waals surface area contributed by atoms with Crippen molar-refractivity contribution in [3.05, 3.63) is 59.4 Å². The molecule has 0 saturated heterocycles. The topological polar surface area (TPSA) is 99.6 Å². The minimum Gasteiger partial charge on any atom is -0.477 e. The van der Waals surface area contributed by atoms with Crippen molar-refractivity contribution >= 4 is 23.5 Å². The maximum atomic E-state index is 12.5. The molecule has 7 heteroatoms. The van der Waals surface area contributed by atoms with E-state index in [9.17, 15) is 14.4 Å². The first-order valence-electron chi connectivity index (χ1n) is 8.86. The Morgan fingerprint density at radius 2 is 1.56 bits per heavy atom. The zero-order chi connectivity index (χ0) is 19.8. The Kier molecular flexibility index (Phi) is 7.05. The first-order chi connectivity index (χ1) is 13.0. The predicted molar refractivity (Wildman–Crippen MR) is 102 cm³/mol. The molecular formula is C20H23N3O4. The fraction of sp³-hybridized carbons (Fsp3) is 0.300. The Labute approximate surface area is 158 Å². The molecule has 0 fully saturated rings. The molecule has 142 valence electrons. The van der Waals surface area contributed by atoms with Crippen molar-refractivity contribution < 1.29 is 19.5 Å². The van der Waals surface area contributed by atoms with Crippen LogP contribution in [0.15, 0.2) is 42.6 Å². The molecule has 2 rings (SSSR count). The van der Waals surface area contributed by atoms with Gasteiger partial charge in [0.25, 0.3) is 11.8 Å². The molecular weight excluding hydrogens is 346 g/mol. The Bertz CT molecular complexity index is 795. The average molecular weight is 369 g/mol. The molecule has 1 aromatic carbocycles. The van der Waals surface area contributed by atoms with E-state index in [1.54, 1.807) is 24.3 Å². The number of pyridine rings is 1. The second-order valence-electron chi connectivity index (χ2n) is 6.06. The Morgan fingerprint density at radius 3 is 2.04 bits per heavy atom. The third-order valence-corrected chi connectivity index (χ3v) is 3.91. The Balaban J connectivity index is 2.05. The molecule has 0 aliphatic carbocycles. The van der Waals surface area contributed by atoms with Crippen LogP contribution < -0.4 is 5.32 Å². The SMILES string of the molecule is CCCN(CCC)C(=O)c1ccc(NC(=O)c2ccc(C(=O)O)nc2)cc1. The summed E-state index contributed by atoms with van der Waals surface area (Å²) < 4.78 is 0. The van der Waals surface area contributed by atoms with E-state index in [2.05, 4.69) is 10.3 Å². The number of carboxylic acid groups (broad SMARTS) is 1. The van der Waals surface area contributed by atoms with Gasteiger partial charge in [0.05, 0.1) is 5.56 Å². The maximum Gasteiger partial charge on any atom is 0.354 e. The van der Waals surface area contributed by atoms with Gasteiger partial charge in [-0.2, -0.15) is 0 Å². The average Bonchev–Trinajstić information content (AvgIpc) is 2.68. The smallest absolute Gasteiger partial charge is 0.354 e. The van der Waals surface area contributed by atoms with Crippen LogP contribution in [-0.2, 0) is 0 Å². The van der Waals surface area contributed by atoms with E-state index in [0.29, 0.717) is 24.3 Å². The number of benzene rings is 1. The first-order valence-corrected chi connectivity index (χ1v) is 8.86. The first kappa shape index (κ1) is 20.1. The van der Waals surface area contributed by atoms with Gasteiger partial charge in [-0.05, 0) is 49.2 Å². The van der Waals surface area contributed by atoms with Crippen LogP contribution in [0.4, 0.5) is 5.69 Å². The maximum absolute atomic E-state index is 12.5. The lowest BCUT2D eigenvalue weighted by molar-refractivity contribution is 0.0688. The van der Waals surface area contributed by atoms with Gasteiger partial charge < -0.3 is 15.3 Å². The minimum absolute atomic E-state index is 0.0231. The van der Waals surface area contributed by atoms with E-state index >= 15 is 0 Å². The molecule has 0 spiro atoms. The Hall–Kier alpha value is -3.22. The summed E-state index contributed by atoms with van der Waals surface area (Å²) in [6.45, 7) is 5.49. The van der Waals surface area contributed by atoms with Crippen LogP contribution in [0.25, 0.3) is 0 Å². The molecule has 1 heterocycles. The largest absolute Gasteiger partial charge is 0.477 e. The summed E-state index contributed by atoms with van der Waals surface area (Å²) >= 11 is 0. The van der Waals surface area contributed by atoms with Gasteiger partial charge in [0.2, 0.25) is 0 Å². The number of aromatic nitrogens is 1. The van der Waals surface area contributed by atoms with Crippen molar-refractivity contribution in [1.29, 1.82) is 0 Å². The lowest BCUT2D eigenvalue weighted by Gasteiger charge is -2.21. The van der Waals surface area contributed by atoms with Gasteiger partial charge in [0, 0.05) is 30.5 Å². The summed E-state index contributed by atoms with van der Waals surface area (Å²) in [5.41, 5.74) is 1.23. The molecule has 7 nitrogen and oxygen atoms in total. The number of nitrogens with one attached hydrogen (secondary N) is 1. The number of nitrogens with zero attached hydrogens (tertiary/aromatic N) is 2. The van der Waals surface area contributed by atoms with E-state index in [1.165, 1.54) is 18.3 Å². The summed E-state index contributed by atoms with van der Waals surface area (Å²) in [6, 6.07) is 9.37. The summed E-state index contributed by atoms with van der Waals surface area (Å²) in [4.78, 5) is 41.1. The normalized spacial score (nSPS) is 10.3. The van der Waals surface area contributed by atoms with Crippen molar-refractivity contribution in [2.75, 3.05) is 18.4 Å². The molecule has 2 N–H and O–H groups in total. The van der Waals surface area contributed by atoms with Crippen molar-refractivity contribution in [2.45, 2.75) is 26.7 Å². The number of carbonyl (C=O) groups is 3. The summed E-state index contributed by atoms with van der Waals surface area (Å²) in [5, 5.41) is 11.5. The second-order valence-corrected chi connectivity index (χ2v) is 6.06. The van der Waals surface area contributed by atoms with E-state index in [-0.39, 0.29) is 17.2 Å². The van der Waals surface area contributed by atoms with E-state index in [4.69, 9.17) is 5.11 Å². The number of hydrogen-bond donors (Lipinski definition) is 2. The zero-order valence-electron chi connectivity index (χ0n) is 15.4. The zero-order valence-corrected chi connectivity index (χ0v) is 15.4. The Morgan fingerprint density at radius 1 is 0.963 bits per heavy atom. The molecule has 1 aromatic heterocycles. The standard InChI is InChI=1S/C20H23N3O4/c1-3-11-23(12-4-2)19(25)14-5-8-16(9-6-14)22-18(24)15-7-10-17(20(26)27)21-13-15/h5-10,13H,3-4,11-12H2,1-2H3,(H,22,24)(H,26,27). The monoisotopic (exact) mass is 369 g/mol.